The second-order valence-corrected chi connectivity index (χ2v) is 24.0. The number of nitrogens with zero attached hydrogens (tertiary/aromatic N) is 18. The summed E-state index contributed by atoms with van der Waals surface area (Å²) < 4.78 is 25.3. The molecule has 0 unspecified atom stereocenters. The minimum Gasteiger partial charge on any atom is -0.329 e. The van der Waals surface area contributed by atoms with Crippen LogP contribution in [0, 0.1) is 0 Å². The molecule has 0 fully saturated rings. The van der Waals surface area contributed by atoms with Crippen LogP contribution in [0.3, 0.4) is 0 Å². The number of hydrogen-bond donors (Lipinski definition) is 0. The molecule has 0 radical (unpaired) electrons. The molecule has 8 aromatic heterocycles. The summed E-state index contributed by atoms with van der Waals surface area (Å²) in [5.41, 5.74) is 22.4. The van der Waals surface area contributed by atoms with Crippen LogP contribution in [-0.4, -0.2) is 84.7 Å². The predicted molar refractivity (Wildman–Crippen MR) is 396 cm³/mol. The maximum absolute atomic E-state index is 5.07. The Morgan fingerprint density at radius 3 is 0.312 bits per heavy atom. The van der Waals surface area contributed by atoms with Gasteiger partial charge in [0.15, 0.2) is 0 Å². The number of aryl methyl sites for hydroxylation is 12. The van der Waals surface area contributed by atoms with Gasteiger partial charge in [-0.2, -0.15) is 0 Å². The minimum absolute atomic E-state index is 0.844. The number of hydrogen-bond acceptors (Lipinski definition) is 6. The standard InChI is InChI=1S/2C39H39N9/c2*1-43-28-13-7-14-29(25-28)44(2)36-21-11-22-37(41-36)47(5)32-17-9-18-33(27-32)48(6)39-24-12-23-38(42-39)46(4)31-16-8-15-30(26-31)45(3)35-20-10-19-34(43)40-35/h2*7-27H,1-6H3. The van der Waals surface area contributed by atoms with E-state index >= 15 is 0 Å². The van der Waals surface area contributed by atoms with E-state index in [9.17, 15) is 0 Å². The molecule has 8 heterocycles. The quantitative estimate of drug-likeness (QED) is 0.148. The average Bonchev–Trinajstić information content (AvgIpc) is 1.31. The maximum Gasteiger partial charge on any atom is 0.135 e. The van der Waals surface area contributed by atoms with E-state index in [4.69, 9.17) is 29.9 Å². The van der Waals surface area contributed by atoms with E-state index in [1.165, 1.54) is 0 Å². The summed E-state index contributed by atoms with van der Waals surface area (Å²) in [6, 6.07) is 87.3. The molecule has 0 amide bonds. The highest BCUT2D eigenvalue weighted by Gasteiger charge is 2.06. The van der Waals surface area contributed by atoms with Gasteiger partial charge in [0, 0.05) is 151 Å². The highest BCUT2D eigenvalue weighted by molar-refractivity contribution is 5.73. The van der Waals surface area contributed by atoms with Crippen LogP contribution >= 0.6 is 0 Å². The highest BCUT2D eigenvalue weighted by atomic mass is 15.1. The van der Waals surface area contributed by atoms with Crippen molar-refractivity contribution >= 4 is 134 Å². The average molecular weight is 1270 g/mol. The number of fused-ring (bicyclic) bond motifs is 24. The molecule has 24 bridgehead atoms. The van der Waals surface area contributed by atoms with Gasteiger partial charge in [-0.25, -0.2) is 29.9 Å². The summed E-state index contributed by atoms with van der Waals surface area (Å²) in [6.45, 7) is 0. The molecule has 0 spiro atoms. The second-order valence-electron chi connectivity index (χ2n) is 24.0. The first kappa shape index (κ1) is 62.6. The number of pyridine rings is 6. The van der Waals surface area contributed by atoms with Crippen LogP contribution in [0.25, 0.3) is 134 Å². The van der Waals surface area contributed by atoms with Crippen LogP contribution in [0.15, 0.2) is 255 Å². The van der Waals surface area contributed by atoms with Crippen LogP contribution in [0.5, 0.6) is 0 Å². The molecular formula is C78H78N18. The van der Waals surface area contributed by atoms with E-state index < -0.39 is 0 Å². The molecule has 18 nitrogen and oxygen atoms in total. The minimum atomic E-state index is 0.844. The Morgan fingerprint density at radius 2 is 0.219 bits per heavy atom. The molecule has 480 valence electrons. The molecule has 0 atom stereocenters. The van der Waals surface area contributed by atoms with E-state index in [-0.39, 0.29) is 0 Å². The zero-order valence-corrected chi connectivity index (χ0v) is 56.3. The molecule has 6 aromatic carbocycles. The van der Waals surface area contributed by atoms with Crippen LogP contribution < -0.4 is 0 Å². The molecule has 0 aliphatic carbocycles. The Hall–Kier alpha value is -12.2. The summed E-state index contributed by atoms with van der Waals surface area (Å²) in [7, 11) is 24.6. The van der Waals surface area contributed by atoms with Gasteiger partial charge >= 0.3 is 0 Å². The van der Waals surface area contributed by atoms with Gasteiger partial charge in [-0.3, -0.25) is 0 Å². The van der Waals surface area contributed by atoms with E-state index in [2.05, 4.69) is 200 Å². The SMILES string of the molecule is Cn1c2cccc(c2)n(C)c2cccc(n2)n(C)c2cccc(c2)n(C)c2cccc(n2)n(C)c2cccc(c2)n(C)c2cccc1n2.Cn1c2cccc(c2)n(C)c2cccc(n2)n(C)c2cccc(c2)n(C)c2cccc(n2)n(C)c2cccc(c2)n(C)c2cccc1n2. The van der Waals surface area contributed by atoms with E-state index in [1.54, 1.807) is 0 Å². The van der Waals surface area contributed by atoms with Gasteiger partial charge in [0.05, 0.1) is 0 Å². The third-order valence-electron chi connectivity index (χ3n) is 18.1. The van der Waals surface area contributed by atoms with Gasteiger partial charge in [-0.1, -0.05) is 72.8 Å². The van der Waals surface area contributed by atoms with Crippen molar-refractivity contribution in [2.24, 2.45) is 84.6 Å². The highest BCUT2D eigenvalue weighted by Crippen LogP contribution is 2.20. The fourth-order valence-electron chi connectivity index (χ4n) is 11.8. The normalized spacial score (nSPS) is 11.1. The van der Waals surface area contributed by atoms with Gasteiger partial charge < -0.3 is 54.8 Å². The van der Waals surface area contributed by atoms with Crippen LogP contribution in [-0.2, 0) is 84.6 Å². The van der Waals surface area contributed by atoms with Gasteiger partial charge in [0.1, 0.15) is 67.8 Å². The Labute approximate surface area is 555 Å². The van der Waals surface area contributed by atoms with E-state index in [1.807, 2.05) is 194 Å². The molecule has 0 aliphatic heterocycles. The third-order valence-corrected chi connectivity index (χ3v) is 18.1. The monoisotopic (exact) mass is 1270 g/mol. The number of rotatable bonds is 0. The summed E-state index contributed by atoms with van der Waals surface area (Å²) in [6.07, 6.45) is 0. The lowest BCUT2D eigenvalue weighted by molar-refractivity contribution is 0.931. The maximum atomic E-state index is 5.07. The van der Waals surface area contributed by atoms with E-state index in [0.717, 1.165) is 134 Å². The van der Waals surface area contributed by atoms with Crippen molar-refractivity contribution in [2.45, 2.75) is 0 Å². The summed E-state index contributed by atoms with van der Waals surface area (Å²) >= 11 is 0. The lowest BCUT2D eigenvalue weighted by Crippen LogP contribution is -2.01. The number of aromatic nitrogens is 18. The number of benzene rings is 6. The lowest BCUT2D eigenvalue weighted by Gasteiger charge is -2.09. The molecule has 0 N–H and O–H groups in total. The van der Waals surface area contributed by atoms with Crippen LogP contribution in [0.1, 0.15) is 0 Å². The first-order valence-corrected chi connectivity index (χ1v) is 31.8. The Balaban J connectivity index is 0.000000174. The molecule has 18 heteroatoms. The van der Waals surface area contributed by atoms with Crippen molar-refractivity contribution in [3.63, 3.8) is 0 Å². The van der Waals surface area contributed by atoms with Crippen molar-refractivity contribution in [1.82, 2.24) is 84.7 Å². The molecule has 0 saturated heterocycles. The topological polar surface area (TPSA) is 136 Å². The first-order valence-electron chi connectivity index (χ1n) is 31.8. The molecule has 0 aliphatic rings. The van der Waals surface area contributed by atoms with Crippen molar-refractivity contribution in [2.75, 3.05) is 0 Å². The van der Waals surface area contributed by atoms with Crippen molar-refractivity contribution < 1.29 is 0 Å². The van der Waals surface area contributed by atoms with Gasteiger partial charge in [0.25, 0.3) is 0 Å². The van der Waals surface area contributed by atoms with Gasteiger partial charge in [-0.15, -0.1) is 0 Å². The molecule has 14 rings (SSSR count). The van der Waals surface area contributed by atoms with Crippen LogP contribution in [0.2, 0.25) is 0 Å². The fraction of sp³-hybridized carbons (Fsp3) is 0.154. The van der Waals surface area contributed by atoms with Crippen molar-refractivity contribution in [3.05, 3.63) is 255 Å². The zero-order chi connectivity index (χ0) is 66.7. The van der Waals surface area contributed by atoms with Crippen LogP contribution in [0.4, 0.5) is 0 Å². The Morgan fingerprint density at radius 1 is 0.135 bits per heavy atom. The predicted octanol–water partition coefficient (Wildman–Crippen LogP) is 15.8. The van der Waals surface area contributed by atoms with Crippen molar-refractivity contribution in [3.8, 4) is 0 Å². The van der Waals surface area contributed by atoms with E-state index in [0.29, 0.717) is 0 Å². The second kappa shape index (κ2) is 26.8. The third kappa shape index (κ3) is 12.9. The first-order chi connectivity index (χ1) is 46.5. The lowest BCUT2D eigenvalue weighted by atomic mass is 10.3. The zero-order valence-electron chi connectivity index (χ0n) is 56.3. The largest absolute Gasteiger partial charge is 0.329 e. The van der Waals surface area contributed by atoms with Crippen molar-refractivity contribution in [1.29, 1.82) is 0 Å². The molecule has 96 heavy (non-hydrogen) atoms. The van der Waals surface area contributed by atoms with Gasteiger partial charge in [0.2, 0.25) is 0 Å². The molecule has 0 saturated carbocycles. The summed E-state index contributed by atoms with van der Waals surface area (Å²) in [5.74, 6) is 0. The Bertz CT molecular complexity index is 4430. The molecular weight excluding hydrogens is 1190 g/mol. The Kier molecular flexibility index (Phi) is 17.5. The summed E-state index contributed by atoms with van der Waals surface area (Å²) in [4.78, 5) is 30.4. The van der Waals surface area contributed by atoms with Gasteiger partial charge in [-0.05, 0) is 182 Å². The molecule has 14 aromatic rings. The smallest absolute Gasteiger partial charge is 0.135 e. The summed E-state index contributed by atoms with van der Waals surface area (Å²) in [5, 5.41) is 0. The fourth-order valence-corrected chi connectivity index (χ4v) is 11.8.